The largest absolute Gasteiger partial charge is 0.349 e. The lowest BCUT2D eigenvalue weighted by molar-refractivity contribution is 0.562. The molecule has 0 radical (unpaired) electrons. The molecule has 0 fully saturated rings. The Labute approximate surface area is 228 Å². The number of para-hydroxylation sites is 1. The lowest BCUT2D eigenvalue weighted by atomic mass is 10.1. The van der Waals surface area contributed by atoms with Crippen molar-refractivity contribution in [2.45, 2.75) is 78.1 Å². The Morgan fingerprint density at radius 2 is 1.34 bits per heavy atom. The first-order valence-electron chi connectivity index (χ1n) is 14.1. The third kappa shape index (κ3) is 11.1. The number of rotatable bonds is 11. The van der Waals surface area contributed by atoms with Crippen molar-refractivity contribution >= 4 is 10.9 Å². The summed E-state index contributed by atoms with van der Waals surface area (Å²) < 4.78 is 0. The van der Waals surface area contributed by atoms with Gasteiger partial charge in [0.15, 0.2) is 0 Å². The smallest absolute Gasteiger partial charge is 0.137 e. The Bertz CT molecular complexity index is 1180. The number of aromatic nitrogens is 5. The molecule has 0 aliphatic rings. The van der Waals surface area contributed by atoms with Gasteiger partial charge in [0.05, 0.1) is 5.52 Å². The summed E-state index contributed by atoms with van der Waals surface area (Å²) >= 11 is 0. The normalized spacial score (nSPS) is 10.4. The van der Waals surface area contributed by atoms with Crippen LogP contribution >= 0.6 is 0 Å². The summed E-state index contributed by atoms with van der Waals surface area (Å²) in [5, 5.41) is 1.20. The summed E-state index contributed by atoms with van der Waals surface area (Å²) in [4.78, 5) is 19.0. The zero-order chi connectivity index (χ0) is 26.7. The zero-order valence-corrected chi connectivity index (χ0v) is 23.1. The van der Waals surface area contributed by atoms with E-state index >= 15 is 0 Å². The van der Waals surface area contributed by atoms with E-state index in [-0.39, 0.29) is 0 Å². The molecule has 5 heteroatoms. The first-order chi connectivity index (χ1) is 18.8. The first kappa shape index (κ1) is 28.8. The molecule has 0 unspecified atom stereocenters. The van der Waals surface area contributed by atoms with Gasteiger partial charge >= 0.3 is 0 Å². The van der Waals surface area contributed by atoms with Crippen LogP contribution in [0.5, 0.6) is 0 Å². The van der Waals surface area contributed by atoms with E-state index in [1.807, 2.05) is 86.3 Å². The quantitative estimate of drug-likeness (QED) is 0.174. The summed E-state index contributed by atoms with van der Waals surface area (Å²) in [5.41, 5.74) is 3.28. The summed E-state index contributed by atoms with van der Waals surface area (Å²) in [6, 6.07) is 22.2. The van der Waals surface area contributed by atoms with Crippen molar-refractivity contribution in [1.29, 1.82) is 0 Å². The highest BCUT2D eigenvalue weighted by Gasteiger charge is 1.98. The third-order valence-corrected chi connectivity index (χ3v) is 6.33. The SMILES string of the molecule is CCCCCCCCCCCc1ncc[nH]1.Cc1cnc(-c2ccccc2)[nH]1.c1ccc2ncccc2c1. The molecule has 5 aromatic rings. The van der Waals surface area contributed by atoms with Gasteiger partial charge in [-0.25, -0.2) is 9.97 Å². The van der Waals surface area contributed by atoms with E-state index in [9.17, 15) is 0 Å². The highest BCUT2D eigenvalue weighted by molar-refractivity contribution is 5.77. The van der Waals surface area contributed by atoms with E-state index in [0.717, 1.165) is 34.8 Å². The van der Waals surface area contributed by atoms with Gasteiger partial charge in [0.1, 0.15) is 11.6 Å². The van der Waals surface area contributed by atoms with E-state index in [1.165, 1.54) is 63.2 Å². The summed E-state index contributed by atoms with van der Waals surface area (Å²) in [5.74, 6) is 2.08. The lowest BCUT2D eigenvalue weighted by Crippen LogP contribution is -1.88. The number of H-pyrrole nitrogens is 2. The molecule has 0 amide bonds. The molecule has 0 aliphatic carbocycles. The molecule has 200 valence electrons. The Balaban J connectivity index is 0.000000162. The number of pyridine rings is 1. The number of imidazole rings is 2. The van der Waals surface area contributed by atoms with Crippen LogP contribution in [0.2, 0.25) is 0 Å². The molecule has 0 spiro atoms. The Morgan fingerprint density at radius 3 is 2.00 bits per heavy atom. The summed E-state index contributed by atoms with van der Waals surface area (Å²) in [6.07, 6.45) is 21.0. The summed E-state index contributed by atoms with van der Waals surface area (Å²) in [6.45, 7) is 4.27. The number of hydrogen-bond acceptors (Lipinski definition) is 3. The van der Waals surface area contributed by atoms with Crippen LogP contribution in [0.4, 0.5) is 0 Å². The number of aromatic amines is 2. The minimum absolute atomic E-state index is 0.938. The number of benzene rings is 2. The minimum atomic E-state index is 0.938. The highest BCUT2D eigenvalue weighted by atomic mass is 14.9. The molecule has 0 aliphatic heterocycles. The second-order valence-electron chi connectivity index (χ2n) is 9.59. The topological polar surface area (TPSA) is 70.2 Å². The zero-order valence-electron chi connectivity index (χ0n) is 23.1. The standard InChI is InChI=1S/C14H26N2.C10H10N2.C9H7N/c1-2-3-4-5-6-7-8-9-10-11-14-15-12-13-16-14;1-8-7-11-10(12-8)9-5-3-2-4-6-9;1-2-6-9-8(4-1)5-3-7-10-9/h12-13H,2-11H2,1H3,(H,15,16);2-7H,1H3,(H,11,12);1-7H. The average molecular weight is 510 g/mol. The van der Waals surface area contributed by atoms with Crippen LogP contribution in [0.15, 0.2) is 91.5 Å². The number of unbranched alkanes of at least 4 members (excludes halogenated alkanes) is 8. The van der Waals surface area contributed by atoms with Crippen LogP contribution in [0.1, 0.15) is 76.2 Å². The van der Waals surface area contributed by atoms with Crippen molar-refractivity contribution < 1.29 is 0 Å². The van der Waals surface area contributed by atoms with Gasteiger partial charge in [-0.2, -0.15) is 0 Å². The second kappa shape index (κ2) is 17.7. The number of fused-ring (bicyclic) bond motifs is 1. The van der Waals surface area contributed by atoms with Crippen molar-refractivity contribution in [2.24, 2.45) is 0 Å². The predicted octanol–water partition coefficient (Wildman–Crippen LogP) is 9.10. The molecule has 0 bridgehead atoms. The highest BCUT2D eigenvalue weighted by Crippen LogP contribution is 2.14. The molecule has 3 aromatic heterocycles. The van der Waals surface area contributed by atoms with Crippen molar-refractivity contribution in [3.05, 3.63) is 103 Å². The van der Waals surface area contributed by atoms with Gasteiger partial charge in [-0.15, -0.1) is 0 Å². The van der Waals surface area contributed by atoms with E-state index in [1.54, 1.807) is 0 Å². The summed E-state index contributed by atoms with van der Waals surface area (Å²) in [7, 11) is 0. The van der Waals surface area contributed by atoms with Crippen LogP contribution in [-0.2, 0) is 6.42 Å². The van der Waals surface area contributed by atoms with Gasteiger partial charge in [-0.05, 0) is 25.5 Å². The van der Waals surface area contributed by atoms with Crippen molar-refractivity contribution in [3.63, 3.8) is 0 Å². The second-order valence-corrected chi connectivity index (χ2v) is 9.59. The molecule has 5 nitrogen and oxygen atoms in total. The van der Waals surface area contributed by atoms with E-state index in [0.29, 0.717) is 0 Å². The Morgan fingerprint density at radius 1 is 0.658 bits per heavy atom. The van der Waals surface area contributed by atoms with Gasteiger partial charge in [0, 0.05) is 47.9 Å². The van der Waals surface area contributed by atoms with Gasteiger partial charge in [0.25, 0.3) is 0 Å². The Kier molecular flexibility index (Phi) is 13.4. The number of nitrogens with one attached hydrogen (secondary N) is 2. The average Bonchev–Trinajstić information content (AvgIpc) is 3.65. The van der Waals surface area contributed by atoms with E-state index in [4.69, 9.17) is 0 Å². The van der Waals surface area contributed by atoms with Crippen molar-refractivity contribution in [1.82, 2.24) is 24.9 Å². The molecular formula is C33H43N5. The number of nitrogens with zero attached hydrogens (tertiary/aromatic N) is 3. The maximum absolute atomic E-state index is 4.23. The fraction of sp³-hybridized carbons (Fsp3) is 0.364. The maximum atomic E-state index is 4.23. The van der Waals surface area contributed by atoms with Crippen LogP contribution in [0.3, 0.4) is 0 Å². The molecule has 3 heterocycles. The van der Waals surface area contributed by atoms with Crippen LogP contribution < -0.4 is 0 Å². The molecule has 0 atom stereocenters. The van der Waals surface area contributed by atoms with Gasteiger partial charge in [0.2, 0.25) is 0 Å². The fourth-order valence-electron chi connectivity index (χ4n) is 4.21. The van der Waals surface area contributed by atoms with E-state index in [2.05, 4.69) is 44.0 Å². The van der Waals surface area contributed by atoms with Gasteiger partial charge in [-0.1, -0.05) is 113 Å². The fourth-order valence-corrected chi connectivity index (χ4v) is 4.21. The lowest BCUT2D eigenvalue weighted by Gasteiger charge is -2.01. The molecule has 2 aromatic carbocycles. The molecule has 38 heavy (non-hydrogen) atoms. The number of aryl methyl sites for hydroxylation is 2. The van der Waals surface area contributed by atoms with Crippen molar-refractivity contribution in [3.8, 4) is 11.4 Å². The predicted molar refractivity (Wildman–Crippen MR) is 160 cm³/mol. The molecular weight excluding hydrogens is 466 g/mol. The molecule has 0 saturated carbocycles. The van der Waals surface area contributed by atoms with Gasteiger partial charge in [-0.3, -0.25) is 4.98 Å². The molecule has 2 N–H and O–H groups in total. The Hall–Kier alpha value is -3.73. The maximum Gasteiger partial charge on any atom is 0.137 e. The monoisotopic (exact) mass is 509 g/mol. The third-order valence-electron chi connectivity index (χ3n) is 6.33. The number of hydrogen-bond donors (Lipinski definition) is 2. The molecule has 5 rings (SSSR count). The van der Waals surface area contributed by atoms with Crippen LogP contribution in [0.25, 0.3) is 22.3 Å². The van der Waals surface area contributed by atoms with Crippen LogP contribution in [-0.4, -0.2) is 24.9 Å². The van der Waals surface area contributed by atoms with Gasteiger partial charge < -0.3 is 9.97 Å². The van der Waals surface area contributed by atoms with E-state index < -0.39 is 0 Å². The van der Waals surface area contributed by atoms with Crippen LogP contribution in [0, 0.1) is 6.92 Å². The van der Waals surface area contributed by atoms with Crippen molar-refractivity contribution in [2.75, 3.05) is 0 Å². The first-order valence-corrected chi connectivity index (χ1v) is 14.1. The molecule has 0 saturated heterocycles. The minimum Gasteiger partial charge on any atom is -0.349 e.